The van der Waals surface area contributed by atoms with E-state index >= 15 is 0 Å². The molecule has 0 bridgehead atoms. The van der Waals surface area contributed by atoms with Crippen LogP contribution in [0.2, 0.25) is 0 Å². The lowest BCUT2D eigenvalue weighted by molar-refractivity contribution is 0.317. The van der Waals surface area contributed by atoms with Gasteiger partial charge in [0.25, 0.3) is 0 Å². The molecule has 0 spiro atoms. The number of fused-ring (bicyclic) bond motifs is 1. The first-order valence-electron chi connectivity index (χ1n) is 6.89. The van der Waals surface area contributed by atoms with E-state index in [2.05, 4.69) is 39.4 Å². The number of rotatable bonds is 3. The number of hydrogen-bond donors (Lipinski definition) is 1. The summed E-state index contributed by atoms with van der Waals surface area (Å²) in [5.41, 5.74) is 3.99. The number of oxime groups is 1. The van der Waals surface area contributed by atoms with Crippen molar-refractivity contribution in [1.29, 1.82) is 0 Å². The summed E-state index contributed by atoms with van der Waals surface area (Å²) in [5, 5.41) is 17.0. The Kier molecular flexibility index (Phi) is 3.41. The van der Waals surface area contributed by atoms with Crippen LogP contribution in [0.3, 0.4) is 0 Å². The second-order valence-electron chi connectivity index (χ2n) is 4.90. The molecule has 1 aromatic heterocycles. The van der Waals surface area contributed by atoms with E-state index in [0.29, 0.717) is 0 Å². The maximum atomic E-state index is 9.18. The molecule has 2 aromatic rings. The van der Waals surface area contributed by atoms with E-state index in [1.165, 1.54) is 5.56 Å². The SMILES string of the molecule is CCn1ncc2c1C(=NO)CCN2Cc1ccccc1. The molecule has 0 amide bonds. The summed E-state index contributed by atoms with van der Waals surface area (Å²) in [6.45, 7) is 4.50. The summed E-state index contributed by atoms with van der Waals surface area (Å²) in [6, 6.07) is 10.4. The van der Waals surface area contributed by atoms with Gasteiger partial charge in [-0.15, -0.1) is 0 Å². The van der Waals surface area contributed by atoms with E-state index in [9.17, 15) is 5.21 Å². The van der Waals surface area contributed by atoms with Gasteiger partial charge in [0.15, 0.2) is 0 Å². The van der Waals surface area contributed by atoms with Crippen molar-refractivity contribution in [3.63, 3.8) is 0 Å². The van der Waals surface area contributed by atoms with Crippen LogP contribution in [0.4, 0.5) is 5.69 Å². The minimum atomic E-state index is 0.726. The first-order chi connectivity index (χ1) is 9.83. The minimum Gasteiger partial charge on any atom is -0.411 e. The highest BCUT2D eigenvalue weighted by molar-refractivity contribution is 6.05. The zero-order valence-electron chi connectivity index (χ0n) is 11.5. The molecule has 1 aromatic carbocycles. The van der Waals surface area contributed by atoms with Crippen molar-refractivity contribution < 1.29 is 5.21 Å². The Morgan fingerprint density at radius 3 is 2.80 bits per heavy atom. The Labute approximate surface area is 118 Å². The third-order valence-electron chi connectivity index (χ3n) is 3.69. The van der Waals surface area contributed by atoms with Crippen molar-refractivity contribution in [2.75, 3.05) is 11.4 Å². The fourth-order valence-electron chi connectivity index (χ4n) is 2.69. The van der Waals surface area contributed by atoms with Gasteiger partial charge < -0.3 is 10.1 Å². The van der Waals surface area contributed by atoms with E-state index in [1.807, 2.05) is 23.9 Å². The Morgan fingerprint density at radius 1 is 1.30 bits per heavy atom. The quantitative estimate of drug-likeness (QED) is 0.688. The molecule has 2 heterocycles. The largest absolute Gasteiger partial charge is 0.411 e. The van der Waals surface area contributed by atoms with E-state index in [4.69, 9.17) is 0 Å². The third kappa shape index (κ3) is 2.15. The summed E-state index contributed by atoms with van der Waals surface area (Å²) in [6.07, 6.45) is 2.61. The first kappa shape index (κ1) is 12.7. The van der Waals surface area contributed by atoms with Gasteiger partial charge in [0.1, 0.15) is 11.4 Å². The highest BCUT2D eigenvalue weighted by Crippen LogP contribution is 2.28. The van der Waals surface area contributed by atoms with Gasteiger partial charge in [-0.05, 0) is 12.5 Å². The second-order valence-corrected chi connectivity index (χ2v) is 4.90. The average Bonchev–Trinajstić information content (AvgIpc) is 2.93. The zero-order chi connectivity index (χ0) is 13.9. The first-order valence-corrected chi connectivity index (χ1v) is 6.89. The van der Waals surface area contributed by atoms with Gasteiger partial charge >= 0.3 is 0 Å². The molecule has 0 radical (unpaired) electrons. The van der Waals surface area contributed by atoms with Crippen molar-refractivity contribution in [3.05, 3.63) is 47.8 Å². The van der Waals surface area contributed by atoms with Crippen LogP contribution in [0.15, 0.2) is 41.7 Å². The molecule has 5 heteroatoms. The fraction of sp³-hybridized carbons (Fsp3) is 0.333. The Morgan fingerprint density at radius 2 is 2.10 bits per heavy atom. The number of benzene rings is 1. The van der Waals surface area contributed by atoms with Crippen molar-refractivity contribution in [2.45, 2.75) is 26.4 Å². The molecule has 5 nitrogen and oxygen atoms in total. The Hall–Kier alpha value is -2.30. The molecule has 1 aliphatic heterocycles. The van der Waals surface area contributed by atoms with Crippen LogP contribution in [0.25, 0.3) is 0 Å². The Balaban J connectivity index is 1.94. The Bertz CT molecular complexity index is 618. The van der Waals surface area contributed by atoms with Gasteiger partial charge in [-0.2, -0.15) is 5.10 Å². The van der Waals surface area contributed by atoms with Gasteiger partial charge in [-0.1, -0.05) is 35.5 Å². The highest BCUT2D eigenvalue weighted by Gasteiger charge is 2.26. The minimum absolute atomic E-state index is 0.726. The average molecular weight is 270 g/mol. The smallest absolute Gasteiger partial charge is 0.109 e. The van der Waals surface area contributed by atoms with E-state index in [0.717, 1.165) is 43.1 Å². The van der Waals surface area contributed by atoms with E-state index < -0.39 is 0 Å². The number of anilines is 1. The molecule has 0 atom stereocenters. The fourth-order valence-corrected chi connectivity index (χ4v) is 2.69. The van der Waals surface area contributed by atoms with E-state index in [1.54, 1.807) is 0 Å². The second kappa shape index (κ2) is 5.36. The van der Waals surface area contributed by atoms with Crippen LogP contribution in [-0.4, -0.2) is 27.2 Å². The molecule has 1 N–H and O–H groups in total. The molecule has 0 unspecified atom stereocenters. The van der Waals surface area contributed by atoms with Gasteiger partial charge in [-0.3, -0.25) is 4.68 Å². The predicted molar refractivity (Wildman–Crippen MR) is 78.3 cm³/mol. The van der Waals surface area contributed by atoms with Gasteiger partial charge in [0, 0.05) is 26.1 Å². The lowest BCUT2D eigenvalue weighted by Crippen LogP contribution is -2.32. The summed E-state index contributed by atoms with van der Waals surface area (Å²) in [5.74, 6) is 0. The highest BCUT2D eigenvalue weighted by atomic mass is 16.4. The van der Waals surface area contributed by atoms with E-state index in [-0.39, 0.29) is 0 Å². The molecule has 0 fully saturated rings. The predicted octanol–water partition coefficient (Wildman–Crippen LogP) is 2.49. The van der Waals surface area contributed by atoms with Crippen LogP contribution in [0, 0.1) is 0 Å². The van der Waals surface area contributed by atoms with Crippen LogP contribution in [-0.2, 0) is 13.1 Å². The van der Waals surface area contributed by atoms with Crippen LogP contribution < -0.4 is 4.90 Å². The summed E-state index contributed by atoms with van der Waals surface area (Å²) in [7, 11) is 0. The topological polar surface area (TPSA) is 53.6 Å². The van der Waals surface area contributed by atoms with Gasteiger partial charge in [0.05, 0.1) is 11.9 Å². The summed E-state index contributed by atoms with van der Waals surface area (Å²) < 4.78 is 1.89. The molecular weight excluding hydrogens is 252 g/mol. The standard InChI is InChI=1S/C15H18N4O/c1-2-19-15-13(17-20)8-9-18(14(15)10-16-19)11-12-6-4-3-5-7-12/h3-7,10,20H,2,8-9,11H2,1H3. The molecule has 0 saturated heterocycles. The molecule has 1 aliphatic rings. The molecule has 3 rings (SSSR count). The molecule has 20 heavy (non-hydrogen) atoms. The number of aromatic nitrogens is 2. The maximum Gasteiger partial charge on any atom is 0.109 e. The van der Waals surface area contributed by atoms with Crippen molar-refractivity contribution >= 4 is 11.4 Å². The lowest BCUT2D eigenvalue weighted by Gasteiger charge is -2.29. The lowest BCUT2D eigenvalue weighted by atomic mass is 10.1. The summed E-state index contributed by atoms with van der Waals surface area (Å²) in [4.78, 5) is 2.29. The van der Waals surface area contributed by atoms with Crippen molar-refractivity contribution in [1.82, 2.24) is 9.78 Å². The van der Waals surface area contributed by atoms with Gasteiger partial charge in [-0.25, -0.2) is 0 Å². The number of hydrogen-bond acceptors (Lipinski definition) is 4. The van der Waals surface area contributed by atoms with Crippen LogP contribution in [0.5, 0.6) is 0 Å². The maximum absolute atomic E-state index is 9.18. The molecular formula is C15H18N4O. The molecule has 0 saturated carbocycles. The van der Waals surface area contributed by atoms with Crippen LogP contribution in [0.1, 0.15) is 24.6 Å². The molecule has 0 aliphatic carbocycles. The van der Waals surface area contributed by atoms with Crippen molar-refractivity contribution in [2.24, 2.45) is 5.16 Å². The van der Waals surface area contributed by atoms with Crippen LogP contribution >= 0.6 is 0 Å². The van der Waals surface area contributed by atoms with Gasteiger partial charge in [0.2, 0.25) is 0 Å². The number of nitrogens with zero attached hydrogens (tertiary/aromatic N) is 4. The van der Waals surface area contributed by atoms with Crippen molar-refractivity contribution in [3.8, 4) is 0 Å². The molecule has 104 valence electrons. The number of aryl methyl sites for hydroxylation is 1. The monoisotopic (exact) mass is 270 g/mol. The normalized spacial score (nSPS) is 16.4. The zero-order valence-corrected chi connectivity index (χ0v) is 11.5. The summed E-state index contributed by atoms with van der Waals surface area (Å²) >= 11 is 0. The third-order valence-corrected chi connectivity index (χ3v) is 3.69.